The highest BCUT2D eigenvalue weighted by molar-refractivity contribution is 5.96. The second-order valence-electron chi connectivity index (χ2n) is 6.65. The molecular weight excluding hydrogens is 349 g/mol. The highest BCUT2D eigenvalue weighted by Gasteiger charge is 2.29. The summed E-state index contributed by atoms with van der Waals surface area (Å²) < 4.78 is 18.8. The number of hydrogen-bond acceptors (Lipinski definition) is 4. The lowest BCUT2D eigenvalue weighted by Gasteiger charge is -2.32. The third-order valence-corrected chi connectivity index (χ3v) is 4.64. The van der Waals surface area contributed by atoms with Crippen LogP contribution in [0.25, 0.3) is 0 Å². The number of aromatic nitrogens is 1. The van der Waals surface area contributed by atoms with Crippen LogP contribution in [0.1, 0.15) is 28.8 Å². The number of nitrogens with one attached hydrogen (secondary N) is 1. The second kappa shape index (κ2) is 8.16. The first-order chi connectivity index (χ1) is 13.0. The Morgan fingerprint density at radius 1 is 1.30 bits per heavy atom. The minimum Gasteiger partial charge on any atom is -0.494 e. The van der Waals surface area contributed by atoms with Crippen LogP contribution in [0.2, 0.25) is 0 Å². The van der Waals surface area contributed by atoms with Gasteiger partial charge in [-0.2, -0.15) is 0 Å². The Morgan fingerprint density at radius 2 is 2.11 bits per heavy atom. The van der Waals surface area contributed by atoms with Gasteiger partial charge in [-0.05, 0) is 49.6 Å². The molecule has 0 spiro atoms. The normalized spacial score (nSPS) is 16.7. The molecule has 1 aliphatic rings. The van der Waals surface area contributed by atoms with Crippen molar-refractivity contribution >= 4 is 17.6 Å². The standard InChI is InChI=1S/C20H22FN3O3/c1-13-5-8-18(22-11-13)23-19(25)15-4-3-9-24(12-15)20(26)14-6-7-17(27-2)16(21)10-14/h5-8,10-11,15H,3-4,9,12H2,1-2H3,(H,22,23,25). The summed E-state index contributed by atoms with van der Waals surface area (Å²) in [5, 5.41) is 2.80. The smallest absolute Gasteiger partial charge is 0.253 e. The van der Waals surface area contributed by atoms with Crippen LogP contribution in [0, 0.1) is 18.7 Å². The number of hydrogen-bond donors (Lipinski definition) is 1. The number of amides is 2. The van der Waals surface area contributed by atoms with Crippen LogP contribution in [0.5, 0.6) is 5.75 Å². The Balaban J connectivity index is 1.66. The van der Waals surface area contributed by atoms with E-state index in [-0.39, 0.29) is 29.0 Å². The zero-order valence-electron chi connectivity index (χ0n) is 15.4. The fourth-order valence-electron chi connectivity index (χ4n) is 3.13. The number of nitrogens with zero attached hydrogens (tertiary/aromatic N) is 2. The predicted octanol–water partition coefficient (Wildman–Crippen LogP) is 3.03. The minimum absolute atomic E-state index is 0.0908. The number of pyridine rings is 1. The Hall–Kier alpha value is -2.96. The van der Waals surface area contributed by atoms with Gasteiger partial charge < -0.3 is 15.0 Å². The third kappa shape index (κ3) is 4.42. The number of methoxy groups -OCH3 is 1. The van der Waals surface area contributed by atoms with Gasteiger partial charge in [0.15, 0.2) is 11.6 Å². The molecule has 1 aliphatic heterocycles. The molecule has 3 rings (SSSR count). The number of anilines is 1. The summed E-state index contributed by atoms with van der Waals surface area (Å²) in [6.45, 7) is 2.76. The lowest BCUT2D eigenvalue weighted by Crippen LogP contribution is -2.43. The van der Waals surface area contributed by atoms with Gasteiger partial charge in [0.1, 0.15) is 5.82 Å². The van der Waals surface area contributed by atoms with Crippen molar-refractivity contribution in [2.75, 3.05) is 25.5 Å². The molecule has 7 heteroatoms. The van der Waals surface area contributed by atoms with Gasteiger partial charge in [-0.15, -0.1) is 0 Å². The fourth-order valence-corrected chi connectivity index (χ4v) is 3.13. The molecule has 1 aromatic carbocycles. The SMILES string of the molecule is COc1ccc(C(=O)N2CCCC(C(=O)Nc3ccc(C)cn3)C2)cc1F. The Bertz CT molecular complexity index is 839. The summed E-state index contributed by atoms with van der Waals surface area (Å²) >= 11 is 0. The van der Waals surface area contributed by atoms with E-state index in [1.807, 2.05) is 13.0 Å². The van der Waals surface area contributed by atoms with Crippen molar-refractivity contribution in [3.05, 3.63) is 53.5 Å². The van der Waals surface area contributed by atoms with Crippen molar-refractivity contribution in [2.45, 2.75) is 19.8 Å². The van der Waals surface area contributed by atoms with Gasteiger partial charge in [-0.25, -0.2) is 9.37 Å². The van der Waals surface area contributed by atoms with Crippen molar-refractivity contribution in [3.63, 3.8) is 0 Å². The highest BCUT2D eigenvalue weighted by Crippen LogP contribution is 2.23. The third-order valence-electron chi connectivity index (χ3n) is 4.64. The molecule has 2 amide bonds. The van der Waals surface area contributed by atoms with Gasteiger partial charge in [0.2, 0.25) is 5.91 Å². The number of carbonyl (C=O) groups is 2. The molecule has 142 valence electrons. The predicted molar refractivity (Wildman–Crippen MR) is 99.2 cm³/mol. The molecule has 1 saturated heterocycles. The first kappa shape index (κ1) is 18.8. The van der Waals surface area contributed by atoms with E-state index in [1.54, 1.807) is 17.2 Å². The number of ether oxygens (including phenoxy) is 1. The maximum Gasteiger partial charge on any atom is 0.253 e. The van der Waals surface area contributed by atoms with E-state index in [9.17, 15) is 14.0 Å². The summed E-state index contributed by atoms with van der Waals surface area (Å²) in [6, 6.07) is 7.75. The molecule has 1 aromatic heterocycles. The van der Waals surface area contributed by atoms with Crippen LogP contribution in [0.3, 0.4) is 0 Å². The number of halogens is 1. The van der Waals surface area contributed by atoms with Crippen LogP contribution in [0.4, 0.5) is 10.2 Å². The Morgan fingerprint density at radius 3 is 2.78 bits per heavy atom. The number of likely N-dealkylation sites (tertiary alicyclic amines) is 1. The Kier molecular flexibility index (Phi) is 5.69. The summed E-state index contributed by atoms with van der Waals surface area (Å²) in [4.78, 5) is 31.0. The van der Waals surface area contributed by atoms with E-state index < -0.39 is 5.82 Å². The molecule has 6 nitrogen and oxygen atoms in total. The van der Waals surface area contributed by atoms with Crippen LogP contribution in [-0.4, -0.2) is 41.9 Å². The molecule has 27 heavy (non-hydrogen) atoms. The summed E-state index contributed by atoms with van der Waals surface area (Å²) in [7, 11) is 1.37. The molecule has 1 fully saturated rings. The largest absolute Gasteiger partial charge is 0.494 e. The molecule has 2 heterocycles. The average Bonchev–Trinajstić information content (AvgIpc) is 2.69. The van der Waals surface area contributed by atoms with Crippen molar-refractivity contribution in [1.82, 2.24) is 9.88 Å². The van der Waals surface area contributed by atoms with Gasteiger partial charge in [0, 0.05) is 24.8 Å². The van der Waals surface area contributed by atoms with E-state index in [0.717, 1.165) is 5.56 Å². The molecule has 1 unspecified atom stereocenters. The average molecular weight is 371 g/mol. The first-order valence-corrected chi connectivity index (χ1v) is 8.84. The number of piperidine rings is 1. The fraction of sp³-hybridized carbons (Fsp3) is 0.350. The van der Waals surface area contributed by atoms with Crippen molar-refractivity contribution < 1.29 is 18.7 Å². The molecular formula is C20H22FN3O3. The monoisotopic (exact) mass is 371 g/mol. The lowest BCUT2D eigenvalue weighted by atomic mass is 9.96. The maximum absolute atomic E-state index is 13.9. The van der Waals surface area contributed by atoms with E-state index in [0.29, 0.717) is 31.7 Å². The van der Waals surface area contributed by atoms with Crippen molar-refractivity contribution in [1.29, 1.82) is 0 Å². The quantitative estimate of drug-likeness (QED) is 0.897. The summed E-state index contributed by atoms with van der Waals surface area (Å²) in [6.07, 6.45) is 3.09. The van der Waals surface area contributed by atoms with Crippen molar-refractivity contribution in [3.8, 4) is 5.75 Å². The minimum atomic E-state index is -0.583. The van der Waals surface area contributed by atoms with Crippen LogP contribution < -0.4 is 10.1 Å². The summed E-state index contributed by atoms with van der Waals surface area (Å²) in [5.41, 5.74) is 1.25. The van der Waals surface area contributed by atoms with Gasteiger partial charge in [0.05, 0.1) is 13.0 Å². The van der Waals surface area contributed by atoms with Crippen LogP contribution in [-0.2, 0) is 4.79 Å². The topological polar surface area (TPSA) is 71.5 Å². The number of aryl methyl sites for hydroxylation is 1. The zero-order valence-corrected chi connectivity index (χ0v) is 15.4. The molecule has 0 bridgehead atoms. The maximum atomic E-state index is 13.9. The number of carbonyl (C=O) groups excluding carboxylic acids is 2. The highest BCUT2D eigenvalue weighted by atomic mass is 19.1. The molecule has 2 aromatic rings. The van der Waals surface area contributed by atoms with Crippen LogP contribution in [0.15, 0.2) is 36.5 Å². The van der Waals surface area contributed by atoms with Crippen LogP contribution >= 0.6 is 0 Å². The molecule has 1 N–H and O–H groups in total. The molecule has 0 aliphatic carbocycles. The van der Waals surface area contributed by atoms with Gasteiger partial charge in [-0.1, -0.05) is 6.07 Å². The van der Waals surface area contributed by atoms with Gasteiger partial charge in [-0.3, -0.25) is 9.59 Å². The van der Waals surface area contributed by atoms with E-state index in [2.05, 4.69) is 10.3 Å². The van der Waals surface area contributed by atoms with Gasteiger partial charge in [0.25, 0.3) is 5.91 Å². The molecule has 0 saturated carbocycles. The van der Waals surface area contributed by atoms with E-state index in [4.69, 9.17) is 4.74 Å². The molecule has 1 atom stereocenters. The van der Waals surface area contributed by atoms with Gasteiger partial charge >= 0.3 is 0 Å². The molecule has 0 radical (unpaired) electrons. The number of benzene rings is 1. The van der Waals surface area contributed by atoms with E-state index in [1.165, 1.54) is 25.3 Å². The first-order valence-electron chi connectivity index (χ1n) is 8.84. The Labute approximate surface area is 157 Å². The zero-order chi connectivity index (χ0) is 19.4. The van der Waals surface area contributed by atoms with Crippen molar-refractivity contribution in [2.24, 2.45) is 5.92 Å². The second-order valence-corrected chi connectivity index (χ2v) is 6.65. The summed E-state index contributed by atoms with van der Waals surface area (Å²) in [5.74, 6) is -0.777. The lowest BCUT2D eigenvalue weighted by molar-refractivity contribution is -0.121. The van der Waals surface area contributed by atoms with E-state index >= 15 is 0 Å². The number of rotatable bonds is 4.